The van der Waals surface area contributed by atoms with E-state index < -0.39 is 6.03 Å². The van der Waals surface area contributed by atoms with Crippen molar-refractivity contribution in [2.24, 2.45) is 5.92 Å². The van der Waals surface area contributed by atoms with Crippen molar-refractivity contribution in [3.8, 4) is 5.69 Å². The van der Waals surface area contributed by atoms with Crippen LogP contribution >= 0.6 is 0 Å². The number of carbonyl (C=O) groups excluding carboxylic acids is 1. The molecule has 6 nitrogen and oxygen atoms in total. The highest BCUT2D eigenvalue weighted by Gasteiger charge is 2.20. The number of nitrogens with zero attached hydrogens (tertiary/aromatic N) is 2. The number of hydrogen-bond acceptors (Lipinski definition) is 3. The van der Waals surface area contributed by atoms with Crippen LogP contribution in [-0.2, 0) is 11.3 Å². The van der Waals surface area contributed by atoms with Gasteiger partial charge >= 0.3 is 6.03 Å². The number of anilines is 1. The molecule has 2 amide bonds. The molecule has 1 fully saturated rings. The quantitative estimate of drug-likeness (QED) is 0.564. The number of aromatic nitrogens is 2. The first kappa shape index (κ1) is 17.4. The molecule has 0 radical (unpaired) electrons. The molecule has 1 aliphatic rings. The zero-order valence-corrected chi connectivity index (χ0v) is 14.3. The van der Waals surface area contributed by atoms with Crippen LogP contribution in [0.25, 0.3) is 5.69 Å². The van der Waals surface area contributed by atoms with Crippen molar-refractivity contribution in [3.05, 3.63) is 42.0 Å². The van der Waals surface area contributed by atoms with Gasteiger partial charge < -0.3 is 5.32 Å². The van der Waals surface area contributed by atoms with Crippen LogP contribution in [0.5, 0.6) is 0 Å². The number of hydroxylamine groups is 1. The van der Waals surface area contributed by atoms with Crippen molar-refractivity contribution in [3.63, 3.8) is 0 Å². The standard InChI is InChI=1S/C18H23FN4O2/c1-2-4-17-16(21-18(24)22-25-10-9-13-7-8-13)12-20-23(17)15-6-3-5-14(19)11-15/h3,5-6,11-13H,2,4,7-10H2,1H3,(H2,21,22,24). The van der Waals surface area contributed by atoms with Gasteiger partial charge in [0, 0.05) is 0 Å². The van der Waals surface area contributed by atoms with Crippen LogP contribution in [-0.4, -0.2) is 22.4 Å². The summed E-state index contributed by atoms with van der Waals surface area (Å²) in [6.45, 7) is 2.55. The Balaban J connectivity index is 1.64. The predicted octanol–water partition coefficient (Wildman–Crippen LogP) is 3.82. The maximum absolute atomic E-state index is 13.5. The van der Waals surface area contributed by atoms with E-state index in [1.165, 1.54) is 25.0 Å². The maximum atomic E-state index is 13.5. The number of hydrogen-bond donors (Lipinski definition) is 2. The first-order valence-corrected chi connectivity index (χ1v) is 8.69. The monoisotopic (exact) mass is 346 g/mol. The first-order valence-electron chi connectivity index (χ1n) is 8.69. The number of benzene rings is 1. The molecule has 1 aromatic carbocycles. The van der Waals surface area contributed by atoms with Gasteiger partial charge in [-0.25, -0.2) is 19.3 Å². The highest BCUT2D eigenvalue weighted by molar-refractivity contribution is 5.89. The molecule has 1 aliphatic carbocycles. The number of carbonyl (C=O) groups is 1. The Bertz CT molecular complexity index is 728. The van der Waals surface area contributed by atoms with E-state index in [4.69, 9.17) is 4.84 Å². The second-order valence-corrected chi connectivity index (χ2v) is 6.28. The van der Waals surface area contributed by atoms with Crippen molar-refractivity contribution < 1.29 is 14.0 Å². The molecule has 2 N–H and O–H groups in total. The van der Waals surface area contributed by atoms with Crippen LogP contribution in [0, 0.1) is 11.7 Å². The minimum atomic E-state index is -0.438. The molecule has 1 heterocycles. The van der Waals surface area contributed by atoms with Gasteiger partial charge in [0.15, 0.2) is 0 Å². The van der Waals surface area contributed by atoms with Gasteiger partial charge in [0.05, 0.1) is 29.9 Å². The number of urea groups is 1. The van der Waals surface area contributed by atoms with E-state index >= 15 is 0 Å². The Morgan fingerprint density at radius 3 is 3.00 bits per heavy atom. The van der Waals surface area contributed by atoms with Crippen molar-refractivity contribution in [1.29, 1.82) is 0 Å². The van der Waals surface area contributed by atoms with Gasteiger partial charge in [-0.1, -0.05) is 32.3 Å². The molecule has 0 aliphatic heterocycles. The Morgan fingerprint density at radius 1 is 1.44 bits per heavy atom. The van der Waals surface area contributed by atoms with E-state index in [9.17, 15) is 9.18 Å². The minimum Gasteiger partial charge on any atom is -0.303 e. The highest BCUT2D eigenvalue weighted by atomic mass is 19.1. The SMILES string of the molecule is CCCc1c(NC(=O)NOCCC2CC2)cnn1-c1cccc(F)c1. The maximum Gasteiger partial charge on any atom is 0.343 e. The molecule has 0 spiro atoms. The summed E-state index contributed by atoms with van der Waals surface area (Å²) in [5.74, 6) is 0.428. The van der Waals surface area contributed by atoms with Gasteiger partial charge in [-0.05, 0) is 37.0 Å². The average Bonchev–Trinajstić information content (AvgIpc) is 3.34. The van der Waals surface area contributed by atoms with Crippen LogP contribution in [0.3, 0.4) is 0 Å². The molecular weight excluding hydrogens is 323 g/mol. The van der Waals surface area contributed by atoms with E-state index in [1.807, 2.05) is 6.92 Å². The van der Waals surface area contributed by atoms with Crippen LogP contribution in [0.4, 0.5) is 14.9 Å². The summed E-state index contributed by atoms with van der Waals surface area (Å²) in [5.41, 5.74) is 4.43. The molecule has 1 aromatic heterocycles. The van der Waals surface area contributed by atoms with Crippen molar-refractivity contribution in [2.45, 2.75) is 39.0 Å². The second kappa shape index (κ2) is 8.11. The zero-order chi connectivity index (χ0) is 17.6. The van der Waals surface area contributed by atoms with Crippen LogP contribution < -0.4 is 10.8 Å². The zero-order valence-electron chi connectivity index (χ0n) is 14.3. The summed E-state index contributed by atoms with van der Waals surface area (Å²) in [5, 5.41) is 7.05. The third-order valence-corrected chi connectivity index (χ3v) is 4.15. The predicted molar refractivity (Wildman–Crippen MR) is 93.0 cm³/mol. The fourth-order valence-electron chi connectivity index (χ4n) is 2.68. The largest absolute Gasteiger partial charge is 0.343 e. The summed E-state index contributed by atoms with van der Waals surface area (Å²) in [7, 11) is 0. The summed E-state index contributed by atoms with van der Waals surface area (Å²) >= 11 is 0. The van der Waals surface area contributed by atoms with Crippen molar-refractivity contribution in [1.82, 2.24) is 15.3 Å². The fourth-order valence-corrected chi connectivity index (χ4v) is 2.68. The minimum absolute atomic E-state index is 0.327. The molecule has 0 saturated heterocycles. The molecule has 0 unspecified atom stereocenters. The van der Waals surface area contributed by atoms with Gasteiger partial charge in [-0.2, -0.15) is 5.10 Å². The molecule has 0 bridgehead atoms. The molecule has 0 atom stereocenters. The molecule has 2 aromatic rings. The topological polar surface area (TPSA) is 68.2 Å². The van der Waals surface area contributed by atoms with Gasteiger partial charge in [-0.15, -0.1) is 0 Å². The fraction of sp³-hybridized carbons (Fsp3) is 0.444. The van der Waals surface area contributed by atoms with Crippen LogP contribution in [0.15, 0.2) is 30.5 Å². The average molecular weight is 346 g/mol. The van der Waals surface area contributed by atoms with E-state index in [0.717, 1.165) is 24.5 Å². The molecule has 7 heteroatoms. The smallest absolute Gasteiger partial charge is 0.303 e. The van der Waals surface area contributed by atoms with Crippen LogP contribution in [0.2, 0.25) is 0 Å². The lowest BCUT2D eigenvalue weighted by Gasteiger charge is -2.11. The summed E-state index contributed by atoms with van der Waals surface area (Å²) in [4.78, 5) is 17.2. The Kier molecular flexibility index (Phi) is 5.65. The van der Waals surface area contributed by atoms with Crippen LogP contribution in [0.1, 0.15) is 38.3 Å². The summed E-state index contributed by atoms with van der Waals surface area (Å²) < 4.78 is 15.1. The number of nitrogens with one attached hydrogen (secondary N) is 2. The Morgan fingerprint density at radius 2 is 2.28 bits per heavy atom. The normalized spacial score (nSPS) is 13.7. The number of rotatable bonds is 8. The Hall–Kier alpha value is -2.41. The highest BCUT2D eigenvalue weighted by Crippen LogP contribution is 2.31. The van der Waals surface area contributed by atoms with E-state index in [2.05, 4.69) is 15.9 Å². The second-order valence-electron chi connectivity index (χ2n) is 6.28. The van der Waals surface area contributed by atoms with E-state index in [1.54, 1.807) is 23.0 Å². The van der Waals surface area contributed by atoms with E-state index in [-0.39, 0.29) is 5.82 Å². The van der Waals surface area contributed by atoms with Gasteiger partial charge in [0.1, 0.15) is 5.82 Å². The van der Waals surface area contributed by atoms with Gasteiger partial charge in [-0.3, -0.25) is 4.84 Å². The third kappa shape index (κ3) is 4.79. The number of halogens is 1. The molecule has 134 valence electrons. The lowest BCUT2D eigenvalue weighted by Crippen LogP contribution is -2.29. The van der Waals surface area contributed by atoms with Crippen molar-refractivity contribution >= 4 is 11.7 Å². The van der Waals surface area contributed by atoms with Gasteiger partial charge in [0.2, 0.25) is 0 Å². The summed E-state index contributed by atoms with van der Waals surface area (Å²) in [6, 6.07) is 5.78. The van der Waals surface area contributed by atoms with E-state index in [0.29, 0.717) is 24.4 Å². The molecule has 3 rings (SSSR count). The molecule has 25 heavy (non-hydrogen) atoms. The van der Waals surface area contributed by atoms with Gasteiger partial charge in [0.25, 0.3) is 0 Å². The molecule has 1 saturated carbocycles. The Labute approximate surface area is 146 Å². The lowest BCUT2D eigenvalue weighted by molar-refractivity contribution is 0.0619. The molecular formula is C18H23FN4O2. The summed E-state index contributed by atoms with van der Waals surface area (Å²) in [6.07, 6.45) is 6.63. The van der Waals surface area contributed by atoms with Crippen molar-refractivity contribution in [2.75, 3.05) is 11.9 Å². The number of amides is 2. The lowest BCUT2D eigenvalue weighted by atomic mass is 10.2. The third-order valence-electron chi connectivity index (χ3n) is 4.15. The first-order chi connectivity index (χ1) is 12.2.